The topological polar surface area (TPSA) is 100 Å². The van der Waals surface area contributed by atoms with E-state index in [1.54, 1.807) is 28.2 Å². The third-order valence-electron chi connectivity index (χ3n) is 11.1. The predicted octanol–water partition coefficient (Wildman–Crippen LogP) is 4.05. The Morgan fingerprint density at radius 1 is 0.854 bits per heavy atom. The van der Waals surface area contributed by atoms with Crippen LogP contribution in [0.15, 0.2) is 24.3 Å². The number of thiophene rings is 1. The number of nitrogens with zero attached hydrogens (tertiary/aromatic N) is 5. The number of Topliss-reactive ketones (excluding diaryl/α,β-unsaturated/α-hetero) is 1. The minimum absolute atomic E-state index is 0.0131. The summed E-state index contributed by atoms with van der Waals surface area (Å²) in [6, 6.07) is 9.22. The van der Waals surface area contributed by atoms with Gasteiger partial charge >= 0.3 is 0 Å². The van der Waals surface area contributed by atoms with Gasteiger partial charge in [-0.1, -0.05) is 17.2 Å². The van der Waals surface area contributed by atoms with Gasteiger partial charge in [0.25, 0.3) is 0 Å². The fraction of sp³-hybridized carbons (Fsp3) is 0.568. The molecule has 3 amide bonds. The van der Waals surface area contributed by atoms with Crippen LogP contribution in [0.4, 0.5) is 0 Å². The number of hydrogen-bond acceptors (Lipinski definition) is 7. The molecule has 0 aliphatic carbocycles. The van der Waals surface area contributed by atoms with Crippen molar-refractivity contribution in [3.63, 3.8) is 0 Å². The molecule has 0 radical (unpaired) electrons. The van der Waals surface area contributed by atoms with Gasteiger partial charge in [-0.3, -0.25) is 29.0 Å². The van der Waals surface area contributed by atoms with Gasteiger partial charge in [0.2, 0.25) is 17.7 Å². The van der Waals surface area contributed by atoms with Gasteiger partial charge in [-0.05, 0) is 77.1 Å². The van der Waals surface area contributed by atoms with E-state index in [0.717, 1.165) is 63.2 Å². The Morgan fingerprint density at radius 2 is 1.46 bits per heavy atom. The minimum Gasteiger partial charge on any atom is -0.346 e. The number of hydrogen-bond donors (Lipinski definition) is 1. The van der Waals surface area contributed by atoms with Gasteiger partial charge in [0, 0.05) is 68.7 Å². The maximum absolute atomic E-state index is 14.3. The van der Waals surface area contributed by atoms with E-state index in [1.807, 2.05) is 13.8 Å². The Kier molecular flexibility index (Phi) is 8.75. The first-order chi connectivity index (χ1) is 22.9. The number of H-pyrrole nitrogens is 1. The highest BCUT2D eigenvalue weighted by atomic mass is 32.1. The second-order valence-electron chi connectivity index (χ2n) is 15.0. The van der Waals surface area contributed by atoms with Crippen LogP contribution in [0.25, 0.3) is 21.5 Å². The average molecular weight is 673 g/mol. The number of piperazine rings is 2. The smallest absolute Gasteiger partial charge is 0.241 e. The summed E-state index contributed by atoms with van der Waals surface area (Å²) in [4.78, 5) is 68.7. The van der Waals surface area contributed by atoms with Gasteiger partial charge in [0.1, 0.15) is 4.83 Å². The molecule has 7 rings (SSSR count). The van der Waals surface area contributed by atoms with Gasteiger partial charge in [0.05, 0.1) is 36.3 Å². The molecule has 0 atom stereocenters. The summed E-state index contributed by atoms with van der Waals surface area (Å²) in [7, 11) is 1.77. The van der Waals surface area contributed by atoms with Crippen molar-refractivity contribution in [2.24, 2.45) is 0 Å². The van der Waals surface area contributed by atoms with Crippen molar-refractivity contribution in [3.8, 4) is 11.3 Å². The molecule has 11 heteroatoms. The zero-order valence-corrected chi connectivity index (χ0v) is 29.8. The summed E-state index contributed by atoms with van der Waals surface area (Å²) < 4.78 is 0. The minimum atomic E-state index is -0.679. The number of carbonyl (C=O) groups is 4. The highest BCUT2D eigenvalue weighted by molar-refractivity contribution is 7.19. The van der Waals surface area contributed by atoms with Crippen molar-refractivity contribution in [1.82, 2.24) is 29.5 Å². The van der Waals surface area contributed by atoms with E-state index in [4.69, 9.17) is 0 Å². The quantitative estimate of drug-likeness (QED) is 0.363. The van der Waals surface area contributed by atoms with Crippen molar-refractivity contribution in [2.45, 2.75) is 70.9 Å². The molecule has 2 aromatic heterocycles. The molecular formula is C37H48N6O4S. The van der Waals surface area contributed by atoms with Crippen LogP contribution in [-0.4, -0.2) is 131 Å². The number of likely N-dealkylation sites (N-methyl/N-ethyl adjacent to an activating group) is 1. The number of nitrogens with one attached hydrogen (secondary N) is 1. The molecule has 0 saturated carbocycles. The van der Waals surface area contributed by atoms with Crippen molar-refractivity contribution in [2.75, 3.05) is 66.0 Å². The largest absolute Gasteiger partial charge is 0.346 e. The molecule has 48 heavy (non-hydrogen) atoms. The van der Waals surface area contributed by atoms with Gasteiger partial charge in [-0.25, -0.2) is 0 Å². The lowest BCUT2D eigenvalue weighted by molar-refractivity contribution is -0.145. The van der Waals surface area contributed by atoms with Crippen LogP contribution >= 0.6 is 11.3 Å². The van der Waals surface area contributed by atoms with E-state index >= 15 is 0 Å². The number of ketones is 1. The summed E-state index contributed by atoms with van der Waals surface area (Å²) in [5, 5.41) is 0.894. The van der Waals surface area contributed by atoms with E-state index < -0.39 is 5.41 Å². The van der Waals surface area contributed by atoms with Crippen LogP contribution in [0.2, 0.25) is 0 Å². The third kappa shape index (κ3) is 6.09. The summed E-state index contributed by atoms with van der Waals surface area (Å²) in [5.74, 6) is 0.223. The molecule has 1 aromatic carbocycles. The highest BCUT2D eigenvalue weighted by Crippen LogP contribution is 2.44. The van der Waals surface area contributed by atoms with E-state index in [0.29, 0.717) is 63.5 Å². The lowest BCUT2D eigenvalue weighted by atomic mass is 9.88. The molecule has 4 saturated heterocycles. The number of amides is 3. The molecule has 2 bridgehead atoms. The van der Waals surface area contributed by atoms with Gasteiger partial charge in [-0.15, -0.1) is 11.3 Å². The Morgan fingerprint density at radius 3 is 2.06 bits per heavy atom. The molecule has 3 aromatic rings. The number of rotatable bonds is 8. The summed E-state index contributed by atoms with van der Waals surface area (Å²) in [6.45, 7) is 12.8. The van der Waals surface area contributed by atoms with E-state index in [1.165, 1.54) is 0 Å². The van der Waals surface area contributed by atoms with Crippen molar-refractivity contribution < 1.29 is 19.2 Å². The summed E-state index contributed by atoms with van der Waals surface area (Å²) in [5.41, 5.74) is 4.13. The van der Waals surface area contributed by atoms with Crippen LogP contribution < -0.4 is 0 Å². The molecule has 4 fully saturated rings. The number of aromatic nitrogens is 1. The molecule has 256 valence electrons. The standard InChI is InChI=1S/C37H48N6O4S/c1-23-16-24(2)18-25(17-23)34-33(28-19-30(48-35(28)38-34)37(3,4)36(47)43-26-6-7-27(43)9-8-26)29(44)20-40-11-13-41(14-12-40)21-32(46)42-15-10-39(5)31(45)22-42/h16-19,26-27,38H,6-15,20-22H2,1-5H3. The lowest BCUT2D eigenvalue weighted by Gasteiger charge is -2.36. The molecule has 4 aliphatic rings. The third-order valence-corrected chi connectivity index (χ3v) is 12.5. The molecule has 6 heterocycles. The van der Waals surface area contributed by atoms with Crippen molar-refractivity contribution in [3.05, 3.63) is 45.8 Å². The monoisotopic (exact) mass is 672 g/mol. The van der Waals surface area contributed by atoms with Crippen LogP contribution in [0.3, 0.4) is 0 Å². The zero-order chi connectivity index (χ0) is 33.9. The van der Waals surface area contributed by atoms with Crippen LogP contribution in [0, 0.1) is 13.8 Å². The molecular weight excluding hydrogens is 625 g/mol. The molecule has 1 N–H and O–H groups in total. The van der Waals surface area contributed by atoms with Crippen molar-refractivity contribution >= 4 is 45.1 Å². The number of aryl methyl sites for hydroxylation is 2. The fourth-order valence-electron chi connectivity index (χ4n) is 8.24. The first-order valence-corrected chi connectivity index (χ1v) is 18.3. The van der Waals surface area contributed by atoms with E-state index in [9.17, 15) is 19.2 Å². The molecule has 0 unspecified atom stereocenters. The second kappa shape index (κ2) is 12.7. The maximum Gasteiger partial charge on any atom is 0.241 e. The van der Waals surface area contributed by atoms with Gasteiger partial charge < -0.3 is 19.7 Å². The first kappa shape index (κ1) is 33.0. The number of carbonyl (C=O) groups excluding carboxylic acids is 4. The first-order valence-electron chi connectivity index (χ1n) is 17.5. The highest BCUT2D eigenvalue weighted by Gasteiger charge is 2.47. The van der Waals surface area contributed by atoms with E-state index in [2.05, 4.69) is 57.8 Å². The molecule has 0 spiro atoms. The molecule has 10 nitrogen and oxygen atoms in total. The Balaban J connectivity index is 1.10. The Hall–Kier alpha value is -3.54. The van der Waals surface area contributed by atoms with Crippen LogP contribution in [0.1, 0.15) is 65.9 Å². The zero-order valence-electron chi connectivity index (χ0n) is 28.9. The maximum atomic E-state index is 14.3. The Bertz CT molecular complexity index is 1730. The lowest BCUT2D eigenvalue weighted by Crippen LogP contribution is -2.55. The fourth-order valence-corrected chi connectivity index (χ4v) is 9.40. The number of fused-ring (bicyclic) bond motifs is 3. The van der Waals surface area contributed by atoms with Crippen LogP contribution in [-0.2, 0) is 19.8 Å². The molecule has 4 aliphatic heterocycles. The summed E-state index contributed by atoms with van der Waals surface area (Å²) >= 11 is 1.60. The SMILES string of the molecule is Cc1cc(C)cc(-c2[nH]c3sc(C(C)(C)C(=O)N4C5CCC4CC5)cc3c2C(=O)CN2CCN(CC(=O)N3CCN(C)C(=O)C3)CC2)c1. The van der Waals surface area contributed by atoms with Crippen LogP contribution in [0.5, 0.6) is 0 Å². The number of aromatic amines is 1. The average Bonchev–Trinajstić information content (AvgIpc) is 3.83. The van der Waals surface area contributed by atoms with Gasteiger partial charge in [-0.2, -0.15) is 0 Å². The van der Waals surface area contributed by atoms with E-state index in [-0.39, 0.29) is 36.6 Å². The predicted molar refractivity (Wildman–Crippen MR) is 188 cm³/mol. The Labute approximate surface area is 287 Å². The number of benzene rings is 1. The summed E-state index contributed by atoms with van der Waals surface area (Å²) in [6.07, 6.45) is 4.43. The van der Waals surface area contributed by atoms with Crippen molar-refractivity contribution in [1.29, 1.82) is 0 Å². The van der Waals surface area contributed by atoms with Gasteiger partial charge in [0.15, 0.2) is 5.78 Å². The second-order valence-corrected chi connectivity index (χ2v) is 16.1. The normalized spacial score (nSPS) is 22.4.